The molecule has 0 atom stereocenters. The van der Waals surface area contributed by atoms with Crippen LogP contribution in [-0.2, 0) is 0 Å². The number of hydrogen-bond acceptors (Lipinski definition) is 2. The molecule has 258 valence electrons. The van der Waals surface area contributed by atoms with Gasteiger partial charge in [0.05, 0.1) is 11.4 Å². The molecule has 0 fully saturated rings. The van der Waals surface area contributed by atoms with Crippen LogP contribution in [0.5, 0.6) is 11.5 Å². The molecule has 0 bridgehead atoms. The molecule has 0 aromatic heterocycles. The number of para-hydroxylation sites is 4. The molecular weight excluding hydrogens is 673 g/mol. The summed E-state index contributed by atoms with van der Waals surface area (Å²) in [6, 6.07) is 71.2. The molecule has 0 spiro atoms. The van der Waals surface area contributed by atoms with E-state index in [1.807, 2.05) is 24.3 Å². The van der Waals surface area contributed by atoms with E-state index in [9.17, 15) is 0 Å². The highest BCUT2D eigenvalue weighted by Crippen LogP contribution is 2.73. The van der Waals surface area contributed by atoms with Gasteiger partial charge in [0.2, 0.25) is 6.71 Å². The fourth-order valence-corrected chi connectivity index (χ4v) is 13.2. The minimum Gasteiger partial charge on any atom is -0.453 e. The summed E-state index contributed by atoms with van der Waals surface area (Å²) >= 11 is 0. The average Bonchev–Trinajstić information content (AvgIpc) is 3.23. The molecule has 8 aromatic carbocycles. The third kappa shape index (κ3) is 4.98. The van der Waals surface area contributed by atoms with Crippen molar-refractivity contribution in [2.75, 3.05) is 4.90 Å². The largest absolute Gasteiger partial charge is 0.453 e. The van der Waals surface area contributed by atoms with Gasteiger partial charge in [-0.25, -0.2) is 0 Å². The highest BCUT2D eigenvalue weighted by Gasteiger charge is 2.45. The summed E-state index contributed by atoms with van der Waals surface area (Å²) < 4.78 is 6.27. The predicted octanol–water partition coefficient (Wildman–Crippen LogP) is 11.7. The van der Waals surface area contributed by atoms with Crippen molar-refractivity contribution in [2.45, 2.75) is 33.4 Å². The Kier molecular flexibility index (Phi) is 7.82. The second-order valence-electron chi connectivity index (χ2n) is 14.2. The van der Waals surface area contributed by atoms with Gasteiger partial charge in [-0.15, -0.1) is 10.0 Å². The molecule has 0 saturated heterocycles. The zero-order chi connectivity index (χ0) is 36.2. The van der Waals surface area contributed by atoms with Gasteiger partial charge in [0, 0.05) is 15.5 Å². The van der Waals surface area contributed by atoms with Crippen LogP contribution in [0, 0.1) is 13.8 Å². The van der Waals surface area contributed by atoms with E-state index in [-0.39, 0.29) is 6.71 Å². The van der Waals surface area contributed by atoms with Gasteiger partial charge in [-0.1, -0.05) is 149 Å². The molecule has 2 aliphatic rings. The highest BCUT2D eigenvalue weighted by atomic mass is 32.3. The lowest BCUT2D eigenvalue weighted by molar-refractivity contribution is 0.477. The van der Waals surface area contributed by atoms with Gasteiger partial charge >= 0.3 is 0 Å². The third-order valence-corrected chi connectivity index (χ3v) is 15.1. The maximum atomic E-state index is 6.27. The first-order valence-electron chi connectivity index (χ1n) is 18.6. The van der Waals surface area contributed by atoms with Crippen molar-refractivity contribution in [1.82, 2.24) is 0 Å². The summed E-state index contributed by atoms with van der Waals surface area (Å²) in [5, 5.41) is 0. The quantitative estimate of drug-likeness (QED) is 0.165. The topological polar surface area (TPSA) is 12.5 Å². The summed E-state index contributed by atoms with van der Waals surface area (Å²) in [5.41, 5.74) is 12.4. The first-order chi connectivity index (χ1) is 26.6. The van der Waals surface area contributed by atoms with E-state index in [0.717, 1.165) is 28.6 Å². The Labute approximate surface area is 319 Å². The van der Waals surface area contributed by atoms with E-state index in [1.165, 1.54) is 58.2 Å². The third-order valence-electron chi connectivity index (χ3n) is 11.1. The van der Waals surface area contributed by atoms with Crippen LogP contribution in [0.25, 0.3) is 11.1 Å². The molecule has 8 aromatic rings. The van der Waals surface area contributed by atoms with Crippen molar-refractivity contribution in [3.05, 3.63) is 205 Å². The normalized spacial score (nSPS) is 14.2. The van der Waals surface area contributed by atoms with Gasteiger partial charge in [0.1, 0.15) is 0 Å². The van der Waals surface area contributed by atoms with Crippen LogP contribution < -0.4 is 26.0 Å². The molecule has 0 aliphatic carbocycles. The first kappa shape index (κ1) is 32.4. The Morgan fingerprint density at radius 1 is 0.444 bits per heavy atom. The fraction of sp³-hybridized carbons (Fsp3) is 0.0400. The number of hydrogen-bond donors (Lipinski definition) is 0. The van der Waals surface area contributed by atoms with Crippen LogP contribution in [-0.4, -0.2) is 6.71 Å². The van der Waals surface area contributed by atoms with Gasteiger partial charge < -0.3 is 9.64 Å². The molecule has 4 heteroatoms. The average molecular weight is 712 g/mol. The number of aryl methyl sites for hydroxylation is 2. The molecule has 10 rings (SSSR count). The number of fused-ring (bicyclic) bond motifs is 4. The van der Waals surface area contributed by atoms with Crippen molar-refractivity contribution < 1.29 is 4.74 Å². The minimum absolute atomic E-state index is 0.114. The second-order valence-corrected chi connectivity index (χ2v) is 17.2. The Balaban J connectivity index is 1.09. The molecule has 0 saturated carbocycles. The van der Waals surface area contributed by atoms with Gasteiger partial charge in [-0.3, -0.25) is 0 Å². The monoisotopic (exact) mass is 711 g/mol. The molecule has 0 N–H and O–H groups in total. The summed E-state index contributed by atoms with van der Waals surface area (Å²) in [7, 11) is -1.75. The van der Waals surface area contributed by atoms with E-state index in [2.05, 4.69) is 189 Å². The fourth-order valence-electron chi connectivity index (χ4n) is 8.87. The van der Waals surface area contributed by atoms with Crippen molar-refractivity contribution in [1.29, 1.82) is 0 Å². The minimum atomic E-state index is -1.75. The number of ether oxygens (including phenoxy) is 1. The van der Waals surface area contributed by atoms with E-state index in [0.29, 0.717) is 0 Å². The predicted molar refractivity (Wildman–Crippen MR) is 227 cm³/mol. The molecule has 0 unspecified atom stereocenters. The smallest absolute Gasteiger partial charge is 0.244 e. The highest BCUT2D eigenvalue weighted by molar-refractivity contribution is 8.34. The summed E-state index contributed by atoms with van der Waals surface area (Å²) in [5.74, 6) is 1.72. The Bertz CT molecular complexity index is 2520. The number of nitrogens with zero attached hydrogens (tertiary/aromatic N) is 1. The lowest BCUT2D eigenvalue weighted by Gasteiger charge is -2.48. The maximum absolute atomic E-state index is 6.27. The molecule has 2 heterocycles. The molecule has 2 aliphatic heterocycles. The Hall–Kier alpha value is -6.23. The number of anilines is 3. The number of benzene rings is 8. The lowest BCUT2D eigenvalue weighted by Crippen LogP contribution is -2.58. The van der Waals surface area contributed by atoms with Gasteiger partial charge in [-0.2, -0.15) is 0 Å². The van der Waals surface area contributed by atoms with Gasteiger partial charge in [0.25, 0.3) is 0 Å². The first-order valence-corrected chi connectivity index (χ1v) is 20.3. The van der Waals surface area contributed by atoms with E-state index >= 15 is 0 Å². The number of rotatable bonds is 5. The van der Waals surface area contributed by atoms with E-state index in [1.54, 1.807) is 0 Å². The molecule has 2 nitrogen and oxygen atoms in total. The Morgan fingerprint density at radius 2 is 0.889 bits per heavy atom. The Morgan fingerprint density at radius 3 is 1.41 bits per heavy atom. The van der Waals surface area contributed by atoms with Crippen LogP contribution in [0.1, 0.15) is 11.1 Å². The second kappa shape index (κ2) is 13.0. The van der Waals surface area contributed by atoms with Crippen LogP contribution in [0.15, 0.2) is 214 Å². The van der Waals surface area contributed by atoms with Gasteiger partial charge in [-0.05, 0) is 108 Å². The molecule has 0 radical (unpaired) electrons. The van der Waals surface area contributed by atoms with Crippen molar-refractivity contribution in [3.8, 4) is 22.6 Å². The van der Waals surface area contributed by atoms with Crippen molar-refractivity contribution >= 4 is 50.2 Å². The molecular formula is C50H38BNOS. The zero-order valence-corrected chi connectivity index (χ0v) is 31.1. The van der Waals surface area contributed by atoms with Gasteiger partial charge in [0.15, 0.2) is 11.5 Å². The SMILES string of the molecule is Cc1cc(-c2ccc(N3c4ccccc4Oc4ccccc43)cc2)cc(C)c1B1c2ccccc2S(c2ccccc2)(c2ccccc2)c2ccccc21. The van der Waals surface area contributed by atoms with Crippen molar-refractivity contribution in [3.63, 3.8) is 0 Å². The zero-order valence-electron chi connectivity index (χ0n) is 30.3. The van der Waals surface area contributed by atoms with Crippen LogP contribution in [0.2, 0.25) is 0 Å². The van der Waals surface area contributed by atoms with E-state index < -0.39 is 10.0 Å². The molecule has 54 heavy (non-hydrogen) atoms. The lowest BCUT2D eigenvalue weighted by atomic mass is 9.35. The van der Waals surface area contributed by atoms with Crippen LogP contribution in [0.4, 0.5) is 17.1 Å². The standard InChI is InChI=1S/C50H38BNOS/c1-35-33-38(37-29-31-39(32-30-37)52-44-23-11-13-25-46(44)53-47-26-14-12-24-45(47)52)34-36(2)50(35)51-42-21-9-15-27-48(42)54(40-17-5-3-6-18-40,41-19-7-4-8-20-41)49-28-16-10-22-43(49)51/h3-34H,1-2H3. The van der Waals surface area contributed by atoms with Crippen molar-refractivity contribution in [2.24, 2.45) is 0 Å². The summed E-state index contributed by atoms with van der Waals surface area (Å²) in [6.07, 6.45) is 0. The summed E-state index contributed by atoms with van der Waals surface area (Å²) in [6.45, 7) is 4.72. The van der Waals surface area contributed by atoms with E-state index in [4.69, 9.17) is 4.74 Å². The van der Waals surface area contributed by atoms with Crippen LogP contribution >= 0.6 is 10.0 Å². The van der Waals surface area contributed by atoms with Crippen LogP contribution in [0.3, 0.4) is 0 Å². The molecule has 0 amide bonds. The maximum Gasteiger partial charge on any atom is 0.244 e. The summed E-state index contributed by atoms with van der Waals surface area (Å²) in [4.78, 5) is 7.88.